The van der Waals surface area contributed by atoms with Crippen LogP contribution in [-0.4, -0.2) is 16.9 Å². The van der Waals surface area contributed by atoms with Gasteiger partial charge in [0.2, 0.25) is 0 Å². The van der Waals surface area contributed by atoms with E-state index in [0.29, 0.717) is 22.3 Å². The third-order valence-electron chi connectivity index (χ3n) is 3.42. The number of carbonyl (C=O) groups excluding carboxylic acids is 1. The standard InChI is InChI=1S/C18H12O3/c19-17(12-7-3-1-4-8-12)15-11-16(18(20)21)14-10-6-2-5-9-13(14)15/h1-11H,(H,20,21). The van der Waals surface area contributed by atoms with Crippen LogP contribution in [-0.2, 0) is 0 Å². The molecule has 102 valence electrons. The van der Waals surface area contributed by atoms with Gasteiger partial charge in [-0.25, -0.2) is 4.79 Å². The van der Waals surface area contributed by atoms with Crippen LogP contribution in [0.4, 0.5) is 0 Å². The second kappa shape index (κ2) is 5.21. The minimum atomic E-state index is -1.03. The van der Waals surface area contributed by atoms with E-state index in [1.54, 1.807) is 48.5 Å². The summed E-state index contributed by atoms with van der Waals surface area (Å²) >= 11 is 0. The van der Waals surface area contributed by atoms with Gasteiger partial charge >= 0.3 is 5.97 Å². The van der Waals surface area contributed by atoms with E-state index in [0.717, 1.165) is 0 Å². The van der Waals surface area contributed by atoms with Crippen molar-refractivity contribution in [2.45, 2.75) is 0 Å². The topological polar surface area (TPSA) is 54.4 Å². The number of carboxylic acid groups (broad SMARTS) is 1. The van der Waals surface area contributed by atoms with E-state index in [2.05, 4.69) is 0 Å². The molecule has 0 atom stereocenters. The minimum absolute atomic E-state index is 0.153. The number of carbonyl (C=O) groups is 2. The number of fused-ring (bicyclic) bond motifs is 1. The molecule has 3 rings (SSSR count). The zero-order valence-electron chi connectivity index (χ0n) is 11.1. The molecule has 0 fully saturated rings. The molecule has 0 bridgehead atoms. The van der Waals surface area contributed by atoms with Gasteiger partial charge in [-0.1, -0.05) is 60.7 Å². The molecule has 1 aromatic rings. The van der Waals surface area contributed by atoms with Crippen LogP contribution in [0, 0.1) is 0 Å². The molecule has 0 aromatic heterocycles. The van der Waals surface area contributed by atoms with Crippen molar-refractivity contribution in [1.29, 1.82) is 0 Å². The summed E-state index contributed by atoms with van der Waals surface area (Å²) in [5.41, 5.74) is 2.36. The number of ketones is 1. The Labute approximate surface area is 121 Å². The van der Waals surface area contributed by atoms with Gasteiger partial charge < -0.3 is 5.11 Å². The van der Waals surface area contributed by atoms with Gasteiger partial charge in [-0.3, -0.25) is 4.79 Å². The number of hydrogen-bond donors (Lipinski definition) is 1. The average Bonchev–Trinajstić information content (AvgIpc) is 2.69. The fourth-order valence-corrected chi connectivity index (χ4v) is 2.43. The zero-order chi connectivity index (χ0) is 14.8. The predicted octanol–water partition coefficient (Wildman–Crippen LogP) is 3.72. The molecular formula is C18H12O3. The number of aromatic carboxylic acids is 1. The largest absolute Gasteiger partial charge is 0.478 e. The van der Waals surface area contributed by atoms with Crippen molar-refractivity contribution < 1.29 is 14.7 Å². The summed E-state index contributed by atoms with van der Waals surface area (Å²) < 4.78 is 0. The molecule has 0 heterocycles. The Kier molecular flexibility index (Phi) is 3.24. The summed E-state index contributed by atoms with van der Waals surface area (Å²) in [5.74, 6) is -1.20. The van der Waals surface area contributed by atoms with Crippen molar-refractivity contribution in [3.05, 3.63) is 83.4 Å². The van der Waals surface area contributed by atoms with Crippen molar-refractivity contribution >= 4 is 11.8 Å². The Bertz CT molecular complexity index is 791. The molecule has 3 heteroatoms. The molecule has 0 saturated carbocycles. The van der Waals surface area contributed by atoms with Crippen LogP contribution in [0.15, 0.2) is 66.7 Å². The van der Waals surface area contributed by atoms with Gasteiger partial charge in [0.25, 0.3) is 0 Å². The second-order valence-corrected chi connectivity index (χ2v) is 4.71. The van der Waals surface area contributed by atoms with E-state index in [-0.39, 0.29) is 11.3 Å². The van der Waals surface area contributed by atoms with Crippen molar-refractivity contribution in [3.63, 3.8) is 0 Å². The van der Waals surface area contributed by atoms with E-state index in [9.17, 15) is 14.7 Å². The van der Waals surface area contributed by atoms with Crippen LogP contribution >= 0.6 is 0 Å². The first-order valence-electron chi connectivity index (χ1n) is 6.53. The molecular weight excluding hydrogens is 264 g/mol. The highest BCUT2D eigenvalue weighted by Crippen LogP contribution is 2.33. The van der Waals surface area contributed by atoms with Crippen molar-refractivity contribution in [2.75, 3.05) is 0 Å². The SMILES string of the molecule is O=C(O)c1cc(C(=O)c2ccccc2)c2cccccc1-2. The lowest BCUT2D eigenvalue weighted by Gasteiger charge is -2.01. The first kappa shape index (κ1) is 13.1. The maximum Gasteiger partial charge on any atom is 0.336 e. The Hall–Kier alpha value is -2.94. The van der Waals surface area contributed by atoms with Gasteiger partial charge in [0.1, 0.15) is 0 Å². The smallest absolute Gasteiger partial charge is 0.336 e. The van der Waals surface area contributed by atoms with Gasteiger partial charge in [0, 0.05) is 11.1 Å². The lowest BCUT2D eigenvalue weighted by Crippen LogP contribution is -2.00. The fraction of sp³-hybridized carbons (Fsp3) is 0. The quantitative estimate of drug-likeness (QED) is 0.742. The molecule has 0 aliphatic heterocycles. The normalized spacial score (nSPS) is 10.5. The van der Waals surface area contributed by atoms with Crippen LogP contribution in [0.5, 0.6) is 0 Å². The molecule has 2 aliphatic carbocycles. The Morgan fingerprint density at radius 3 is 1.81 bits per heavy atom. The maximum absolute atomic E-state index is 12.6. The molecule has 0 spiro atoms. The molecule has 2 aliphatic rings. The van der Waals surface area contributed by atoms with E-state index in [1.165, 1.54) is 6.07 Å². The lowest BCUT2D eigenvalue weighted by molar-refractivity contribution is 0.0698. The number of carboxylic acids is 1. The van der Waals surface area contributed by atoms with Crippen LogP contribution in [0.1, 0.15) is 26.3 Å². The fourth-order valence-electron chi connectivity index (χ4n) is 2.43. The summed E-state index contributed by atoms with van der Waals surface area (Å²) in [6.45, 7) is 0. The van der Waals surface area contributed by atoms with E-state index < -0.39 is 5.97 Å². The van der Waals surface area contributed by atoms with Crippen LogP contribution in [0.2, 0.25) is 0 Å². The highest BCUT2D eigenvalue weighted by Gasteiger charge is 2.23. The third-order valence-corrected chi connectivity index (χ3v) is 3.42. The molecule has 0 unspecified atom stereocenters. The Morgan fingerprint density at radius 1 is 0.714 bits per heavy atom. The van der Waals surface area contributed by atoms with Crippen LogP contribution in [0.3, 0.4) is 0 Å². The monoisotopic (exact) mass is 276 g/mol. The summed E-state index contributed by atoms with van der Waals surface area (Å²) in [6, 6.07) is 19.2. The lowest BCUT2D eigenvalue weighted by atomic mass is 10.0. The van der Waals surface area contributed by atoms with E-state index in [4.69, 9.17) is 0 Å². The highest BCUT2D eigenvalue weighted by atomic mass is 16.4. The highest BCUT2D eigenvalue weighted by molar-refractivity contribution is 6.16. The predicted molar refractivity (Wildman–Crippen MR) is 79.9 cm³/mol. The molecule has 1 N–H and O–H groups in total. The number of rotatable bonds is 3. The second-order valence-electron chi connectivity index (χ2n) is 4.71. The third kappa shape index (κ3) is 2.30. The van der Waals surface area contributed by atoms with E-state index in [1.807, 2.05) is 12.1 Å². The van der Waals surface area contributed by atoms with Crippen LogP contribution in [0.25, 0.3) is 11.1 Å². The molecule has 1 aromatic carbocycles. The molecule has 3 nitrogen and oxygen atoms in total. The average molecular weight is 276 g/mol. The first-order chi connectivity index (χ1) is 10.2. The number of benzene rings is 1. The summed E-state index contributed by atoms with van der Waals surface area (Å²) in [6.07, 6.45) is 0. The Morgan fingerprint density at radius 2 is 1.24 bits per heavy atom. The van der Waals surface area contributed by atoms with Crippen LogP contribution < -0.4 is 0 Å². The molecule has 0 amide bonds. The first-order valence-corrected chi connectivity index (χ1v) is 6.53. The summed E-state index contributed by atoms with van der Waals surface area (Å²) in [7, 11) is 0. The van der Waals surface area contributed by atoms with Crippen molar-refractivity contribution in [3.8, 4) is 11.1 Å². The molecule has 0 radical (unpaired) electrons. The van der Waals surface area contributed by atoms with E-state index >= 15 is 0 Å². The van der Waals surface area contributed by atoms with Gasteiger partial charge in [-0.15, -0.1) is 0 Å². The summed E-state index contributed by atoms with van der Waals surface area (Å²) in [4.78, 5) is 24.0. The van der Waals surface area contributed by atoms with Gasteiger partial charge in [0.05, 0.1) is 5.56 Å². The zero-order valence-corrected chi connectivity index (χ0v) is 11.1. The minimum Gasteiger partial charge on any atom is -0.478 e. The Balaban J connectivity index is 2.21. The maximum atomic E-state index is 12.6. The van der Waals surface area contributed by atoms with Crippen molar-refractivity contribution in [2.24, 2.45) is 0 Å². The van der Waals surface area contributed by atoms with Gasteiger partial charge in [0.15, 0.2) is 5.78 Å². The van der Waals surface area contributed by atoms with Gasteiger partial charge in [-0.2, -0.15) is 0 Å². The molecule has 0 saturated heterocycles. The van der Waals surface area contributed by atoms with Gasteiger partial charge in [-0.05, 0) is 17.2 Å². The molecule has 21 heavy (non-hydrogen) atoms. The summed E-state index contributed by atoms with van der Waals surface area (Å²) in [5, 5.41) is 9.32. The number of hydrogen-bond acceptors (Lipinski definition) is 2. The van der Waals surface area contributed by atoms with Crippen molar-refractivity contribution in [1.82, 2.24) is 0 Å².